The number of carboxylic acids is 1. The first-order chi connectivity index (χ1) is 6.78. The largest absolute Gasteiger partial charge is 0.480 e. The Hall–Kier alpha value is -1.52. The third-order valence-electron chi connectivity index (χ3n) is 2.38. The summed E-state index contributed by atoms with van der Waals surface area (Å²) in [6.45, 7) is 3.67. The molecule has 0 aliphatic rings. The lowest BCUT2D eigenvalue weighted by Gasteiger charge is -2.22. The van der Waals surface area contributed by atoms with Crippen molar-refractivity contribution in [3.8, 4) is 0 Å². The third-order valence-corrected chi connectivity index (χ3v) is 2.38. The van der Waals surface area contributed by atoms with E-state index in [0.717, 1.165) is 6.92 Å². The Morgan fingerprint density at radius 1 is 1.13 bits per heavy atom. The fourth-order valence-electron chi connectivity index (χ4n) is 1.44. The minimum atomic E-state index is -2.05. The molecule has 0 aromatic heterocycles. The number of hydrogen-bond donors (Lipinski definition) is 1. The molecule has 0 saturated carbocycles. The minimum Gasteiger partial charge on any atom is -0.480 e. The van der Waals surface area contributed by atoms with E-state index in [2.05, 4.69) is 0 Å². The normalized spacial score (nSPS) is 14.1. The number of hydrogen-bond acceptors (Lipinski definition) is 4. The van der Waals surface area contributed by atoms with Crippen LogP contribution in [0.5, 0.6) is 0 Å². The molecule has 1 atom stereocenters. The summed E-state index contributed by atoms with van der Waals surface area (Å²) < 4.78 is 0. The maximum Gasteiger partial charge on any atom is 0.324 e. The SMILES string of the molecule is CCC(C(C)=O)(C(=O)O)C(=O)CC(C)=O. The molecule has 1 N–H and O–H groups in total. The van der Waals surface area contributed by atoms with Gasteiger partial charge in [0.05, 0.1) is 6.42 Å². The van der Waals surface area contributed by atoms with Gasteiger partial charge < -0.3 is 5.11 Å². The van der Waals surface area contributed by atoms with Crippen LogP contribution in [0, 0.1) is 5.41 Å². The van der Waals surface area contributed by atoms with Gasteiger partial charge in [-0.25, -0.2) is 0 Å². The molecule has 0 bridgehead atoms. The van der Waals surface area contributed by atoms with Crippen molar-refractivity contribution >= 4 is 23.3 Å². The summed E-state index contributed by atoms with van der Waals surface area (Å²) in [5, 5.41) is 8.92. The van der Waals surface area contributed by atoms with Crippen molar-refractivity contribution in [2.24, 2.45) is 5.41 Å². The van der Waals surface area contributed by atoms with Gasteiger partial charge in [-0.2, -0.15) is 0 Å². The minimum absolute atomic E-state index is 0.135. The molecule has 15 heavy (non-hydrogen) atoms. The van der Waals surface area contributed by atoms with Crippen LogP contribution in [0.25, 0.3) is 0 Å². The second kappa shape index (κ2) is 4.82. The molecule has 0 saturated heterocycles. The van der Waals surface area contributed by atoms with Crippen LogP contribution in [0.1, 0.15) is 33.6 Å². The van der Waals surface area contributed by atoms with Crippen LogP contribution in [0.4, 0.5) is 0 Å². The number of aliphatic carboxylic acids is 1. The zero-order chi connectivity index (χ0) is 12.2. The summed E-state index contributed by atoms with van der Waals surface area (Å²) in [6, 6.07) is 0. The van der Waals surface area contributed by atoms with E-state index in [9.17, 15) is 19.2 Å². The summed E-state index contributed by atoms with van der Waals surface area (Å²) in [5.74, 6) is -3.50. The molecule has 5 nitrogen and oxygen atoms in total. The second-order valence-corrected chi connectivity index (χ2v) is 3.42. The average Bonchev–Trinajstić information content (AvgIpc) is 2.02. The van der Waals surface area contributed by atoms with Gasteiger partial charge in [-0.05, 0) is 20.3 Å². The van der Waals surface area contributed by atoms with Gasteiger partial charge in [-0.15, -0.1) is 0 Å². The molecule has 0 spiro atoms. The molecule has 1 unspecified atom stereocenters. The highest BCUT2D eigenvalue weighted by Crippen LogP contribution is 2.26. The zero-order valence-electron chi connectivity index (χ0n) is 8.99. The third kappa shape index (κ3) is 2.49. The van der Waals surface area contributed by atoms with Crippen LogP contribution < -0.4 is 0 Å². The summed E-state index contributed by atoms with van der Waals surface area (Å²) in [4.78, 5) is 44.5. The van der Waals surface area contributed by atoms with Crippen molar-refractivity contribution in [1.29, 1.82) is 0 Å². The monoisotopic (exact) mass is 214 g/mol. The van der Waals surface area contributed by atoms with E-state index in [0.29, 0.717) is 0 Å². The molecule has 0 amide bonds. The summed E-state index contributed by atoms with van der Waals surface area (Å²) in [7, 11) is 0. The predicted octanol–water partition coefficient (Wildman–Crippen LogP) is 0.605. The quantitative estimate of drug-likeness (QED) is 0.654. The highest BCUT2D eigenvalue weighted by molar-refractivity contribution is 6.24. The number of carboxylic acid groups (broad SMARTS) is 1. The van der Waals surface area contributed by atoms with Crippen molar-refractivity contribution in [3.63, 3.8) is 0 Å². The lowest BCUT2D eigenvalue weighted by molar-refractivity contribution is -0.159. The van der Waals surface area contributed by atoms with Gasteiger partial charge in [0.15, 0.2) is 17.0 Å². The summed E-state index contributed by atoms with van der Waals surface area (Å²) in [6.07, 6.45) is -0.649. The molecule has 0 aromatic carbocycles. The summed E-state index contributed by atoms with van der Waals surface area (Å²) in [5.41, 5.74) is -2.05. The van der Waals surface area contributed by atoms with E-state index in [-0.39, 0.29) is 6.42 Å². The smallest absolute Gasteiger partial charge is 0.324 e. The van der Waals surface area contributed by atoms with Crippen LogP contribution in [-0.4, -0.2) is 28.4 Å². The van der Waals surface area contributed by atoms with E-state index in [4.69, 9.17) is 5.11 Å². The van der Waals surface area contributed by atoms with Crippen LogP contribution in [0.3, 0.4) is 0 Å². The topological polar surface area (TPSA) is 88.5 Å². The molecule has 0 heterocycles. The van der Waals surface area contributed by atoms with E-state index in [1.165, 1.54) is 13.8 Å². The first-order valence-electron chi connectivity index (χ1n) is 4.56. The van der Waals surface area contributed by atoms with Gasteiger partial charge in [0.1, 0.15) is 5.78 Å². The lowest BCUT2D eigenvalue weighted by Crippen LogP contribution is -2.45. The van der Waals surface area contributed by atoms with E-state index in [1.807, 2.05) is 0 Å². The number of rotatable bonds is 6. The second-order valence-electron chi connectivity index (χ2n) is 3.42. The fraction of sp³-hybridized carbons (Fsp3) is 0.600. The van der Waals surface area contributed by atoms with Gasteiger partial charge in [-0.1, -0.05) is 6.92 Å². The van der Waals surface area contributed by atoms with Gasteiger partial charge >= 0.3 is 5.97 Å². The fourth-order valence-corrected chi connectivity index (χ4v) is 1.44. The highest BCUT2D eigenvalue weighted by Gasteiger charge is 2.48. The Morgan fingerprint density at radius 3 is 1.80 bits per heavy atom. The van der Waals surface area contributed by atoms with Crippen LogP contribution >= 0.6 is 0 Å². The maximum atomic E-state index is 11.6. The molecule has 0 fully saturated rings. The average molecular weight is 214 g/mol. The van der Waals surface area contributed by atoms with Crippen molar-refractivity contribution in [2.75, 3.05) is 0 Å². The Labute approximate surface area is 87.5 Å². The van der Waals surface area contributed by atoms with Gasteiger partial charge in [0, 0.05) is 0 Å². The van der Waals surface area contributed by atoms with Crippen molar-refractivity contribution < 1.29 is 24.3 Å². The number of Topliss-reactive ketones (excluding diaryl/α,β-unsaturated/α-hetero) is 3. The van der Waals surface area contributed by atoms with Gasteiger partial charge in [0.25, 0.3) is 0 Å². The Morgan fingerprint density at radius 2 is 1.60 bits per heavy atom. The van der Waals surface area contributed by atoms with E-state index in [1.54, 1.807) is 0 Å². The number of carbonyl (C=O) groups is 4. The molecule has 0 aliphatic heterocycles. The zero-order valence-corrected chi connectivity index (χ0v) is 8.99. The van der Waals surface area contributed by atoms with Crippen molar-refractivity contribution in [3.05, 3.63) is 0 Å². The van der Waals surface area contributed by atoms with Crippen LogP contribution in [0.15, 0.2) is 0 Å². The Kier molecular flexibility index (Phi) is 4.33. The van der Waals surface area contributed by atoms with Crippen molar-refractivity contribution in [1.82, 2.24) is 0 Å². The molecule has 0 aliphatic carbocycles. The molecule has 84 valence electrons. The van der Waals surface area contributed by atoms with Gasteiger partial charge in [0.2, 0.25) is 0 Å². The standard InChI is InChI=1S/C10H14O5/c1-4-10(7(3)12,9(14)15)8(13)5-6(2)11/h4-5H2,1-3H3,(H,14,15). The highest BCUT2D eigenvalue weighted by atomic mass is 16.4. The first kappa shape index (κ1) is 13.5. The molecule has 0 radical (unpaired) electrons. The number of carbonyl (C=O) groups excluding carboxylic acids is 3. The molecular formula is C10H14O5. The van der Waals surface area contributed by atoms with Crippen LogP contribution in [-0.2, 0) is 19.2 Å². The molecular weight excluding hydrogens is 200 g/mol. The summed E-state index contributed by atoms with van der Waals surface area (Å²) >= 11 is 0. The van der Waals surface area contributed by atoms with Gasteiger partial charge in [-0.3, -0.25) is 19.2 Å². The molecule has 0 rings (SSSR count). The Bertz CT molecular complexity index is 302. The molecule has 0 aromatic rings. The first-order valence-corrected chi connectivity index (χ1v) is 4.56. The lowest BCUT2D eigenvalue weighted by atomic mass is 9.76. The Balaban J connectivity index is 5.26. The number of ketones is 3. The molecule has 5 heteroatoms. The van der Waals surface area contributed by atoms with Crippen LogP contribution in [0.2, 0.25) is 0 Å². The predicted molar refractivity (Wildman–Crippen MR) is 51.3 cm³/mol. The van der Waals surface area contributed by atoms with E-state index >= 15 is 0 Å². The van der Waals surface area contributed by atoms with E-state index < -0.39 is 35.2 Å². The van der Waals surface area contributed by atoms with Crippen molar-refractivity contribution in [2.45, 2.75) is 33.6 Å². The maximum absolute atomic E-state index is 11.6.